The lowest BCUT2D eigenvalue weighted by molar-refractivity contribution is -0.305. The Morgan fingerprint density at radius 2 is 2.14 bits per heavy atom. The number of carbonyl (C=O) groups is 2. The van der Waals surface area contributed by atoms with Crippen LogP contribution in [-0.4, -0.2) is 27.6 Å². The van der Waals surface area contributed by atoms with Crippen molar-refractivity contribution in [3.63, 3.8) is 0 Å². The van der Waals surface area contributed by atoms with E-state index in [0.29, 0.717) is 31.3 Å². The lowest BCUT2D eigenvalue weighted by atomic mass is 10.2. The van der Waals surface area contributed by atoms with E-state index in [9.17, 15) is 14.7 Å². The first-order valence-corrected chi connectivity index (χ1v) is 8.27. The summed E-state index contributed by atoms with van der Waals surface area (Å²) >= 11 is 18.2. The molecule has 1 saturated heterocycles. The highest BCUT2D eigenvalue weighted by Crippen LogP contribution is 2.34. The van der Waals surface area contributed by atoms with E-state index in [-0.39, 0.29) is 18.9 Å². The molecule has 1 aliphatic rings. The molecule has 1 aromatic carbocycles. The number of thiocarbonyl (C=S) groups is 1. The zero-order chi connectivity index (χ0) is 16.3. The number of amides is 1. The Bertz CT molecular complexity index is 676. The van der Waals surface area contributed by atoms with Gasteiger partial charge in [-0.25, -0.2) is 0 Å². The maximum absolute atomic E-state index is 12.3. The maximum Gasteiger partial charge on any atom is 0.266 e. The lowest BCUT2D eigenvalue weighted by Crippen LogP contribution is -2.30. The Labute approximate surface area is 147 Å². The van der Waals surface area contributed by atoms with Crippen LogP contribution in [0, 0.1) is 0 Å². The molecule has 0 saturated carbocycles. The predicted octanol–water partition coefficient (Wildman–Crippen LogP) is 2.72. The van der Waals surface area contributed by atoms with Crippen molar-refractivity contribution in [2.24, 2.45) is 0 Å². The van der Waals surface area contributed by atoms with Gasteiger partial charge in [-0.15, -0.1) is 0 Å². The Kier molecular flexibility index (Phi) is 5.86. The van der Waals surface area contributed by atoms with Crippen LogP contribution in [0.4, 0.5) is 0 Å². The molecule has 1 fully saturated rings. The average molecular weight is 375 g/mol. The van der Waals surface area contributed by atoms with Crippen molar-refractivity contribution >= 4 is 69.5 Å². The van der Waals surface area contributed by atoms with E-state index in [2.05, 4.69) is 0 Å². The summed E-state index contributed by atoms with van der Waals surface area (Å²) in [5.41, 5.74) is 0.668. The quantitative estimate of drug-likeness (QED) is 0.585. The first-order chi connectivity index (χ1) is 10.4. The molecule has 0 unspecified atom stereocenters. The largest absolute Gasteiger partial charge is 0.550 e. The predicted molar refractivity (Wildman–Crippen MR) is 90.6 cm³/mol. The number of thioether (sulfide) groups is 1. The normalized spacial score (nSPS) is 16.6. The first kappa shape index (κ1) is 17.3. The molecule has 1 heterocycles. The number of carbonyl (C=O) groups excluding carboxylic acids is 2. The van der Waals surface area contributed by atoms with E-state index in [0.717, 1.165) is 11.8 Å². The van der Waals surface area contributed by atoms with E-state index < -0.39 is 5.97 Å². The molecule has 0 atom stereocenters. The number of carboxylic acid groups (broad SMARTS) is 1. The Morgan fingerprint density at radius 1 is 1.41 bits per heavy atom. The third-order valence-electron chi connectivity index (χ3n) is 2.89. The van der Waals surface area contributed by atoms with E-state index >= 15 is 0 Å². The second-order valence-corrected chi connectivity index (χ2v) is 6.99. The van der Waals surface area contributed by atoms with Crippen LogP contribution in [0.5, 0.6) is 0 Å². The number of carboxylic acids is 1. The minimum Gasteiger partial charge on any atom is -0.550 e. The fraction of sp³-hybridized carbons (Fsp3) is 0.214. The van der Waals surface area contributed by atoms with Gasteiger partial charge in [0.15, 0.2) is 0 Å². The van der Waals surface area contributed by atoms with E-state index in [1.807, 2.05) is 0 Å². The summed E-state index contributed by atoms with van der Waals surface area (Å²) in [4.78, 5) is 24.5. The third-order valence-corrected chi connectivity index (χ3v) is 4.83. The molecular formula is C14H10Cl2NO3S2-. The van der Waals surface area contributed by atoms with Crippen LogP contribution < -0.4 is 5.11 Å². The van der Waals surface area contributed by atoms with Gasteiger partial charge in [-0.1, -0.05) is 53.2 Å². The van der Waals surface area contributed by atoms with Crippen LogP contribution in [0.3, 0.4) is 0 Å². The molecule has 22 heavy (non-hydrogen) atoms. The minimum atomic E-state index is -1.14. The van der Waals surface area contributed by atoms with Crippen molar-refractivity contribution in [2.75, 3.05) is 6.54 Å². The summed E-state index contributed by atoms with van der Waals surface area (Å²) in [5, 5.41) is 11.4. The molecule has 0 spiro atoms. The molecule has 1 aliphatic heterocycles. The first-order valence-electron chi connectivity index (χ1n) is 6.29. The Hall–Kier alpha value is -1.08. The van der Waals surface area contributed by atoms with Crippen molar-refractivity contribution < 1.29 is 14.7 Å². The fourth-order valence-corrected chi connectivity index (χ4v) is 3.60. The Morgan fingerprint density at radius 3 is 2.77 bits per heavy atom. The van der Waals surface area contributed by atoms with Gasteiger partial charge in [-0.05, 0) is 36.6 Å². The van der Waals surface area contributed by atoms with Gasteiger partial charge in [0.2, 0.25) is 0 Å². The van der Waals surface area contributed by atoms with Gasteiger partial charge in [0.25, 0.3) is 5.91 Å². The molecule has 0 bridgehead atoms. The molecule has 4 nitrogen and oxygen atoms in total. The van der Waals surface area contributed by atoms with Crippen molar-refractivity contribution in [1.82, 2.24) is 4.90 Å². The van der Waals surface area contributed by atoms with Crippen LogP contribution in [0.1, 0.15) is 18.4 Å². The molecule has 8 heteroatoms. The van der Waals surface area contributed by atoms with Gasteiger partial charge < -0.3 is 9.90 Å². The average Bonchev–Trinajstić information content (AvgIpc) is 2.69. The van der Waals surface area contributed by atoms with Crippen molar-refractivity contribution in [3.05, 3.63) is 38.7 Å². The third kappa shape index (κ3) is 4.23. The summed E-state index contributed by atoms with van der Waals surface area (Å²) in [7, 11) is 0. The standard InChI is InChI=1S/C14H11Cl2NO3S2/c15-9-4-3-8(10(16)7-9)6-11-13(20)17(14(21)22-11)5-1-2-12(18)19/h3-4,6-7H,1-2,5H2,(H,18,19)/p-1/b11-6+. The smallest absolute Gasteiger partial charge is 0.266 e. The molecular weight excluding hydrogens is 365 g/mol. The monoisotopic (exact) mass is 374 g/mol. The van der Waals surface area contributed by atoms with E-state index in [1.54, 1.807) is 24.3 Å². The van der Waals surface area contributed by atoms with Gasteiger partial charge in [-0.3, -0.25) is 9.69 Å². The van der Waals surface area contributed by atoms with Gasteiger partial charge in [-0.2, -0.15) is 0 Å². The second-order valence-electron chi connectivity index (χ2n) is 4.47. The number of aliphatic carboxylic acids is 1. The topological polar surface area (TPSA) is 60.4 Å². The molecule has 0 N–H and O–H groups in total. The van der Waals surface area contributed by atoms with Gasteiger partial charge >= 0.3 is 0 Å². The molecule has 0 aliphatic carbocycles. The number of rotatable bonds is 5. The van der Waals surface area contributed by atoms with Gasteiger partial charge in [0.1, 0.15) is 4.32 Å². The Balaban J connectivity index is 2.13. The molecule has 1 amide bonds. The second kappa shape index (κ2) is 7.46. The minimum absolute atomic E-state index is 0.112. The highest BCUT2D eigenvalue weighted by atomic mass is 35.5. The summed E-state index contributed by atoms with van der Waals surface area (Å²) < 4.78 is 0.402. The van der Waals surface area contributed by atoms with Crippen molar-refractivity contribution in [1.29, 1.82) is 0 Å². The molecule has 0 radical (unpaired) electrons. The lowest BCUT2D eigenvalue weighted by Gasteiger charge is -2.14. The van der Waals surface area contributed by atoms with Gasteiger partial charge in [0.05, 0.1) is 4.91 Å². The zero-order valence-corrected chi connectivity index (χ0v) is 14.3. The number of halogens is 2. The summed E-state index contributed by atoms with van der Waals surface area (Å²) in [6.45, 7) is 0.254. The number of hydrogen-bond acceptors (Lipinski definition) is 5. The highest BCUT2D eigenvalue weighted by molar-refractivity contribution is 8.26. The summed E-state index contributed by atoms with van der Waals surface area (Å²) in [6, 6.07) is 4.99. The van der Waals surface area contributed by atoms with E-state index in [4.69, 9.17) is 35.4 Å². The van der Waals surface area contributed by atoms with Crippen molar-refractivity contribution in [2.45, 2.75) is 12.8 Å². The molecule has 2 rings (SSSR count). The van der Waals surface area contributed by atoms with Crippen LogP contribution in [-0.2, 0) is 9.59 Å². The van der Waals surface area contributed by atoms with E-state index in [1.165, 1.54) is 4.90 Å². The SMILES string of the molecule is O=C([O-])CCCN1C(=O)/C(=C\c2ccc(Cl)cc2Cl)SC1=S. The van der Waals surface area contributed by atoms with Crippen LogP contribution in [0.15, 0.2) is 23.1 Å². The molecule has 116 valence electrons. The number of benzene rings is 1. The number of nitrogens with zero attached hydrogens (tertiary/aromatic N) is 1. The molecule has 0 aromatic heterocycles. The highest BCUT2D eigenvalue weighted by Gasteiger charge is 2.31. The molecule has 1 aromatic rings. The van der Waals surface area contributed by atoms with Crippen molar-refractivity contribution in [3.8, 4) is 0 Å². The number of hydrogen-bond donors (Lipinski definition) is 0. The summed E-state index contributed by atoms with van der Waals surface area (Å²) in [5.74, 6) is -1.40. The van der Waals surface area contributed by atoms with Crippen LogP contribution in [0.25, 0.3) is 6.08 Å². The maximum atomic E-state index is 12.3. The van der Waals surface area contributed by atoms with Crippen LogP contribution >= 0.6 is 47.2 Å². The van der Waals surface area contributed by atoms with Gasteiger partial charge in [0, 0.05) is 22.6 Å². The fourth-order valence-electron chi connectivity index (χ4n) is 1.83. The van der Waals surface area contributed by atoms with Crippen LogP contribution in [0.2, 0.25) is 10.0 Å². The zero-order valence-electron chi connectivity index (χ0n) is 11.2. The summed E-state index contributed by atoms with van der Waals surface area (Å²) in [6.07, 6.45) is 1.83.